The fourth-order valence-electron chi connectivity index (χ4n) is 2.37. The van der Waals surface area contributed by atoms with Crippen molar-refractivity contribution in [2.75, 3.05) is 0 Å². The van der Waals surface area contributed by atoms with Gasteiger partial charge in [-0.2, -0.15) is 5.10 Å². The van der Waals surface area contributed by atoms with Crippen LogP contribution in [0.3, 0.4) is 0 Å². The van der Waals surface area contributed by atoms with Gasteiger partial charge in [-0.05, 0) is 43.5 Å². The molecule has 0 atom stereocenters. The molecule has 0 bridgehead atoms. The van der Waals surface area contributed by atoms with Gasteiger partial charge in [-0.15, -0.1) is 0 Å². The number of carbonyl (C=O) groups excluding carboxylic acids is 1. The molecule has 3 aromatic heterocycles. The highest BCUT2D eigenvalue weighted by Crippen LogP contribution is 2.19. The highest BCUT2D eigenvalue weighted by Gasteiger charge is 2.18. The molecule has 118 valence electrons. The number of nitrogens with zero attached hydrogens (tertiary/aromatic N) is 5. The monoisotopic (exact) mass is 317 g/mol. The molecule has 6 nitrogen and oxygen atoms in total. The Morgan fingerprint density at radius 2 is 2.12 bits per heavy atom. The predicted molar refractivity (Wildman–Crippen MR) is 93.0 cm³/mol. The number of fused-ring (bicyclic) bond motifs is 1. The quantitative estimate of drug-likeness (QED) is 0.412. The van der Waals surface area contributed by atoms with Crippen molar-refractivity contribution in [1.29, 1.82) is 0 Å². The SMILES string of the molecule is C=N/C=C\C(=C/C)c1ccnc2c(C(=O)c3ccccn3)cnn12. The van der Waals surface area contributed by atoms with Crippen molar-refractivity contribution < 1.29 is 4.79 Å². The molecule has 0 aliphatic heterocycles. The van der Waals surface area contributed by atoms with E-state index < -0.39 is 0 Å². The van der Waals surface area contributed by atoms with Crippen LogP contribution >= 0.6 is 0 Å². The van der Waals surface area contributed by atoms with Gasteiger partial charge in [0, 0.05) is 18.6 Å². The molecule has 0 aromatic carbocycles. The second-order valence-electron chi connectivity index (χ2n) is 4.91. The van der Waals surface area contributed by atoms with E-state index in [-0.39, 0.29) is 5.78 Å². The van der Waals surface area contributed by atoms with Crippen LogP contribution in [-0.2, 0) is 0 Å². The van der Waals surface area contributed by atoms with Crippen molar-refractivity contribution in [3.63, 3.8) is 0 Å². The minimum Gasteiger partial charge on any atom is -0.287 e. The maximum Gasteiger partial charge on any atom is 0.216 e. The average molecular weight is 317 g/mol. The third kappa shape index (κ3) is 2.77. The lowest BCUT2D eigenvalue weighted by Gasteiger charge is -2.05. The first-order valence-electron chi connectivity index (χ1n) is 7.33. The Kier molecular flexibility index (Phi) is 4.38. The van der Waals surface area contributed by atoms with Gasteiger partial charge in [0.1, 0.15) is 5.69 Å². The van der Waals surface area contributed by atoms with Crippen molar-refractivity contribution in [1.82, 2.24) is 19.6 Å². The number of allylic oxidation sites excluding steroid dienone is 3. The first kappa shape index (κ1) is 15.5. The maximum atomic E-state index is 12.6. The molecule has 0 aliphatic carbocycles. The fourth-order valence-corrected chi connectivity index (χ4v) is 2.37. The van der Waals surface area contributed by atoms with Crippen LogP contribution in [0.1, 0.15) is 28.7 Å². The van der Waals surface area contributed by atoms with Crippen molar-refractivity contribution in [3.05, 3.63) is 78.2 Å². The summed E-state index contributed by atoms with van der Waals surface area (Å²) in [7, 11) is 0. The molecule has 0 unspecified atom stereocenters. The van der Waals surface area contributed by atoms with Gasteiger partial charge in [-0.1, -0.05) is 12.1 Å². The molecule has 0 N–H and O–H groups in total. The Bertz CT molecular complexity index is 954. The number of hydrogen-bond donors (Lipinski definition) is 0. The molecule has 3 rings (SSSR count). The first-order valence-corrected chi connectivity index (χ1v) is 7.33. The lowest BCUT2D eigenvalue weighted by molar-refractivity contribution is 0.103. The minimum atomic E-state index is -0.208. The fraction of sp³-hybridized carbons (Fsp3) is 0.0556. The Morgan fingerprint density at radius 1 is 1.25 bits per heavy atom. The van der Waals surface area contributed by atoms with E-state index in [4.69, 9.17) is 0 Å². The van der Waals surface area contributed by atoms with Crippen LogP contribution in [0, 0.1) is 0 Å². The molecular formula is C18H15N5O. The normalized spacial score (nSPS) is 12.0. The Labute approximate surface area is 138 Å². The summed E-state index contributed by atoms with van der Waals surface area (Å²) in [5.74, 6) is -0.208. The van der Waals surface area contributed by atoms with E-state index in [1.54, 1.807) is 41.3 Å². The maximum absolute atomic E-state index is 12.6. The number of pyridine rings is 1. The van der Waals surface area contributed by atoms with Gasteiger partial charge in [0.2, 0.25) is 5.78 Å². The van der Waals surface area contributed by atoms with Crippen LogP contribution in [0.4, 0.5) is 0 Å². The van der Waals surface area contributed by atoms with Crippen LogP contribution in [0.15, 0.2) is 66.2 Å². The van der Waals surface area contributed by atoms with E-state index in [0.29, 0.717) is 16.9 Å². The lowest BCUT2D eigenvalue weighted by Crippen LogP contribution is -2.05. The molecule has 24 heavy (non-hydrogen) atoms. The number of aliphatic imine (C=N–C) groups is 1. The van der Waals surface area contributed by atoms with Crippen LogP contribution in [0.2, 0.25) is 0 Å². The third-order valence-electron chi connectivity index (χ3n) is 3.51. The Balaban J connectivity index is 2.12. The smallest absolute Gasteiger partial charge is 0.216 e. The Hall–Kier alpha value is -3.41. The largest absolute Gasteiger partial charge is 0.287 e. The van der Waals surface area contributed by atoms with Crippen LogP contribution in [-0.4, -0.2) is 32.1 Å². The summed E-state index contributed by atoms with van der Waals surface area (Å²) in [4.78, 5) is 24.8. The highest BCUT2D eigenvalue weighted by atomic mass is 16.1. The standard InChI is InChI=1S/C18H15N5O/c1-3-13(7-10-19-2)16-8-11-21-18-14(12-22-23(16)18)17(24)15-6-4-5-9-20-15/h3-12H,2H2,1H3/b10-7-,13-3+. The zero-order valence-electron chi connectivity index (χ0n) is 13.1. The molecule has 3 aromatic rings. The summed E-state index contributed by atoms with van der Waals surface area (Å²) >= 11 is 0. The molecule has 0 spiro atoms. The zero-order chi connectivity index (χ0) is 16.9. The number of rotatable bonds is 5. The topological polar surface area (TPSA) is 72.5 Å². The van der Waals surface area contributed by atoms with Crippen molar-refractivity contribution in [3.8, 4) is 0 Å². The molecule has 0 saturated heterocycles. The van der Waals surface area contributed by atoms with Gasteiger partial charge in [0.25, 0.3) is 0 Å². The second-order valence-corrected chi connectivity index (χ2v) is 4.91. The molecule has 0 saturated carbocycles. The van der Waals surface area contributed by atoms with Crippen LogP contribution < -0.4 is 0 Å². The summed E-state index contributed by atoms with van der Waals surface area (Å²) < 4.78 is 1.64. The van der Waals surface area contributed by atoms with Crippen LogP contribution in [0.5, 0.6) is 0 Å². The van der Waals surface area contributed by atoms with Gasteiger partial charge >= 0.3 is 0 Å². The summed E-state index contributed by atoms with van der Waals surface area (Å²) in [6.45, 7) is 5.35. The Morgan fingerprint density at radius 3 is 2.83 bits per heavy atom. The van der Waals surface area contributed by atoms with Gasteiger partial charge in [0.05, 0.1) is 17.5 Å². The summed E-state index contributed by atoms with van der Waals surface area (Å²) in [5.41, 5.74) is 2.97. The van der Waals surface area contributed by atoms with E-state index in [1.165, 1.54) is 6.20 Å². The number of aromatic nitrogens is 4. The molecule has 0 aliphatic rings. The third-order valence-corrected chi connectivity index (χ3v) is 3.51. The summed E-state index contributed by atoms with van der Waals surface area (Å²) in [6, 6.07) is 7.04. The molecule has 3 heterocycles. The molecule has 0 fully saturated rings. The van der Waals surface area contributed by atoms with Gasteiger partial charge in [-0.3, -0.25) is 14.8 Å². The van der Waals surface area contributed by atoms with E-state index in [0.717, 1.165) is 11.3 Å². The van der Waals surface area contributed by atoms with E-state index in [2.05, 4.69) is 26.8 Å². The second kappa shape index (κ2) is 6.78. The highest BCUT2D eigenvalue weighted by molar-refractivity contribution is 6.11. The van der Waals surface area contributed by atoms with Crippen molar-refractivity contribution in [2.45, 2.75) is 6.92 Å². The number of carbonyl (C=O) groups is 1. The number of hydrogen-bond acceptors (Lipinski definition) is 5. The number of ketones is 1. The lowest BCUT2D eigenvalue weighted by atomic mass is 10.1. The van der Waals surface area contributed by atoms with E-state index >= 15 is 0 Å². The zero-order valence-corrected chi connectivity index (χ0v) is 13.1. The van der Waals surface area contributed by atoms with E-state index in [9.17, 15) is 4.79 Å². The first-order chi connectivity index (χ1) is 11.8. The van der Waals surface area contributed by atoms with Gasteiger partial charge < -0.3 is 0 Å². The van der Waals surface area contributed by atoms with Gasteiger partial charge in [-0.25, -0.2) is 9.50 Å². The van der Waals surface area contributed by atoms with Gasteiger partial charge in [0.15, 0.2) is 5.65 Å². The molecule has 6 heteroatoms. The summed E-state index contributed by atoms with van der Waals surface area (Å²) in [5, 5.41) is 4.33. The molecule has 0 radical (unpaired) electrons. The molecular weight excluding hydrogens is 302 g/mol. The van der Waals surface area contributed by atoms with Crippen molar-refractivity contribution in [2.24, 2.45) is 4.99 Å². The van der Waals surface area contributed by atoms with Crippen LogP contribution in [0.25, 0.3) is 11.2 Å². The van der Waals surface area contributed by atoms with E-state index in [1.807, 2.05) is 25.1 Å². The van der Waals surface area contributed by atoms with Crippen molar-refractivity contribution >= 4 is 23.7 Å². The molecule has 0 amide bonds. The predicted octanol–water partition coefficient (Wildman–Crippen LogP) is 2.97. The average Bonchev–Trinajstić information content (AvgIpc) is 3.07. The summed E-state index contributed by atoms with van der Waals surface area (Å²) in [6.07, 6.45) is 10.1. The minimum absolute atomic E-state index is 0.208.